The van der Waals surface area contributed by atoms with E-state index in [1.165, 1.54) is 6.26 Å². The number of carbonyl (C=O) groups excluding carboxylic acids is 1. The van der Waals surface area contributed by atoms with Crippen molar-refractivity contribution in [2.45, 2.75) is 13.3 Å². The average Bonchev–Trinajstić information content (AvgIpc) is 2.70. The lowest BCUT2D eigenvalue weighted by Gasteiger charge is -2.18. The number of hydrogen-bond donors (Lipinski definition) is 1. The number of thiocarbonyl (C=S) groups is 1. The van der Waals surface area contributed by atoms with E-state index in [2.05, 4.69) is 0 Å². The standard InChI is InChI=1S/C10H14N2O2S/c1-2-12(6-5-9(11)15)10(13)8-4-3-7-14-8/h3-4,7H,2,5-6H2,1H3,(H2,11,15). The Labute approximate surface area is 94.0 Å². The third kappa shape index (κ3) is 3.36. The molecule has 5 heteroatoms. The molecule has 0 aliphatic heterocycles. The van der Waals surface area contributed by atoms with Crippen LogP contribution < -0.4 is 5.73 Å². The van der Waals surface area contributed by atoms with Gasteiger partial charge in [0, 0.05) is 19.5 Å². The fourth-order valence-corrected chi connectivity index (χ4v) is 1.30. The van der Waals surface area contributed by atoms with Crippen molar-refractivity contribution in [1.82, 2.24) is 4.90 Å². The number of furan rings is 1. The summed E-state index contributed by atoms with van der Waals surface area (Å²) >= 11 is 4.76. The topological polar surface area (TPSA) is 59.5 Å². The molecule has 4 nitrogen and oxygen atoms in total. The number of nitrogens with zero attached hydrogens (tertiary/aromatic N) is 1. The Kier molecular flexibility index (Phi) is 4.30. The first-order chi connectivity index (χ1) is 7.15. The van der Waals surface area contributed by atoms with Crippen molar-refractivity contribution in [3.05, 3.63) is 24.2 Å². The smallest absolute Gasteiger partial charge is 0.289 e. The van der Waals surface area contributed by atoms with Gasteiger partial charge in [0.15, 0.2) is 5.76 Å². The Morgan fingerprint density at radius 2 is 2.40 bits per heavy atom. The van der Waals surface area contributed by atoms with Crippen LogP contribution in [0.3, 0.4) is 0 Å². The predicted molar refractivity (Wildman–Crippen MR) is 61.7 cm³/mol. The zero-order chi connectivity index (χ0) is 11.3. The number of rotatable bonds is 5. The minimum absolute atomic E-state index is 0.126. The van der Waals surface area contributed by atoms with Crippen molar-refractivity contribution < 1.29 is 9.21 Å². The minimum atomic E-state index is -0.126. The van der Waals surface area contributed by atoms with E-state index in [-0.39, 0.29) is 5.91 Å². The first-order valence-corrected chi connectivity index (χ1v) is 5.17. The van der Waals surface area contributed by atoms with E-state index in [4.69, 9.17) is 22.4 Å². The second kappa shape index (κ2) is 5.50. The normalized spacial score (nSPS) is 9.93. The van der Waals surface area contributed by atoms with Crippen LogP contribution in [-0.4, -0.2) is 28.9 Å². The fourth-order valence-electron chi connectivity index (χ4n) is 1.20. The van der Waals surface area contributed by atoms with Crippen LogP contribution in [0.2, 0.25) is 0 Å². The maximum absolute atomic E-state index is 11.8. The van der Waals surface area contributed by atoms with E-state index in [0.29, 0.717) is 30.3 Å². The molecule has 1 heterocycles. The van der Waals surface area contributed by atoms with Crippen LogP contribution in [0.15, 0.2) is 22.8 Å². The van der Waals surface area contributed by atoms with Gasteiger partial charge in [-0.1, -0.05) is 12.2 Å². The van der Waals surface area contributed by atoms with Gasteiger partial charge in [0.2, 0.25) is 0 Å². The molecule has 0 aliphatic carbocycles. The maximum atomic E-state index is 11.8. The molecule has 1 aromatic rings. The van der Waals surface area contributed by atoms with Crippen LogP contribution in [-0.2, 0) is 0 Å². The van der Waals surface area contributed by atoms with Crippen molar-refractivity contribution >= 4 is 23.1 Å². The molecule has 0 atom stereocenters. The van der Waals surface area contributed by atoms with Gasteiger partial charge in [0.1, 0.15) is 0 Å². The molecule has 1 rings (SSSR count). The average molecular weight is 226 g/mol. The van der Waals surface area contributed by atoms with Gasteiger partial charge < -0.3 is 15.1 Å². The highest BCUT2D eigenvalue weighted by atomic mass is 32.1. The van der Waals surface area contributed by atoms with E-state index in [9.17, 15) is 4.79 Å². The molecule has 1 aromatic heterocycles. The van der Waals surface area contributed by atoms with Crippen molar-refractivity contribution in [2.24, 2.45) is 5.73 Å². The summed E-state index contributed by atoms with van der Waals surface area (Å²) in [6, 6.07) is 3.33. The van der Waals surface area contributed by atoms with E-state index in [0.717, 1.165) is 0 Å². The lowest BCUT2D eigenvalue weighted by atomic mass is 10.3. The number of nitrogens with two attached hydrogens (primary N) is 1. The van der Waals surface area contributed by atoms with E-state index >= 15 is 0 Å². The Morgan fingerprint density at radius 3 is 2.87 bits per heavy atom. The van der Waals surface area contributed by atoms with Crippen LogP contribution in [0.1, 0.15) is 23.9 Å². The molecule has 0 radical (unpaired) electrons. The summed E-state index contributed by atoms with van der Waals surface area (Å²) in [4.78, 5) is 13.9. The second-order valence-corrected chi connectivity index (χ2v) is 3.60. The van der Waals surface area contributed by atoms with Crippen LogP contribution in [0.25, 0.3) is 0 Å². The molecule has 82 valence electrons. The zero-order valence-electron chi connectivity index (χ0n) is 8.60. The largest absolute Gasteiger partial charge is 0.459 e. The van der Waals surface area contributed by atoms with Gasteiger partial charge in [-0.2, -0.15) is 0 Å². The first-order valence-electron chi connectivity index (χ1n) is 4.76. The Hall–Kier alpha value is -1.36. The van der Waals surface area contributed by atoms with Crippen molar-refractivity contribution in [1.29, 1.82) is 0 Å². The van der Waals surface area contributed by atoms with E-state index < -0.39 is 0 Å². The minimum Gasteiger partial charge on any atom is -0.459 e. The summed E-state index contributed by atoms with van der Waals surface area (Å²) in [5, 5.41) is 0. The molecule has 0 aliphatic rings. The van der Waals surface area contributed by atoms with Gasteiger partial charge in [0.25, 0.3) is 5.91 Å². The van der Waals surface area contributed by atoms with Gasteiger partial charge in [-0.3, -0.25) is 4.79 Å². The Balaban J connectivity index is 2.59. The monoisotopic (exact) mass is 226 g/mol. The molecule has 1 amide bonds. The lowest BCUT2D eigenvalue weighted by molar-refractivity contribution is 0.0737. The molecular formula is C10H14N2O2S. The van der Waals surface area contributed by atoms with Crippen molar-refractivity contribution in [3.63, 3.8) is 0 Å². The van der Waals surface area contributed by atoms with Crippen LogP contribution in [0.4, 0.5) is 0 Å². The molecular weight excluding hydrogens is 212 g/mol. The Bertz CT molecular complexity index is 335. The van der Waals surface area contributed by atoms with Gasteiger partial charge in [0.05, 0.1) is 11.3 Å². The van der Waals surface area contributed by atoms with E-state index in [1.54, 1.807) is 17.0 Å². The van der Waals surface area contributed by atoms with Gasteiger partial charge >= 0.3 is 0 Å². The maximum Gasteiger partial charge on any atom is 0.289 e. The van der Waals surface area contributed by atoms with Gasteiger partial charge in [-0.15, -0.1) is 0 Å². The highest BCUT2D eigenvalue weighted by Gasteiger charge is 2.16. The summed E-state index contributed by atoms with van der Waals surface area (Å²) in [6.07, 6.45) is 2.02. The quantitative estimate of drug-likeness (QED) is 0.771. The molecule has 2 N–H and O–H groups in total. The van der Waals surface area contributed by atoms with Crippen LogP contribution in [0, 0.1) is 0 Å². The number of carbonyl (C=O) groups is 1. The molecule has 0 fully saturated rings. The fraction of sp³-hybridized carbons (Fsp3) is 0.400. The zero-order valence-corrected chi connectivity index (χ0v) is 9.42. The summed E-state index contributed by atoms with van der Waals surface area (Å²) < 4.78 is 5.03. The number of hydrogen-bond acceptors (Lipinski definition) is 3. The molecule has 0 unspecified atom stereocenters. The lowest BCUT2D eigenvalue weighted by Crippen LogP contribution is -2.33. The summed E-state index contributed by atoms with van der Waals surface area (Å²) in [7, 11) is 0. The number of amides is 1. The highest BCUT2D eigenvalue weighted by Crippen LogP contribution is 2.06. The van der Waals surface area contributed by atoms with Crippen LogP contribution in [0.5, 0.6) is 0 Å². The third-order valence-electron chi connectivity index (χ3n) is 2.03. The van der Waals surface area contributed by atoms with Crippen LogP contribution >= 0.6 is 12.2 Å². The summed E-state index contributed by atoms with van der Waals surface area (Å²) in [6.45, 7) is 3.05. The predicted octanol–water partition coefficient (Wildman–Crippen LogP) is 1.42. The van der Waals surface area contributed by atoms with Crippen molar-refractivity contribution in [2.75, 3.05) is 13.1 Å². The molecule has 0 aromatic carbocycles. The molecule has 0 saturated carbocycles. The van der Waals surface area contributed by atoms with Crippen molar-refractivity contribution in [3.8, 4) is 0 Å². The molecule has 15 heavy (non-hydrogen) atoms. The first kappa shape index (κ1) is 11.7. The molecule has 0 saturated heterocycles. The second-order valence-electron chi connectivity index (χ2n) is 3.08. The van der Waals surface area contributed by atoms with Gasteiger partial charge in [-0.25, -0.2) is 0 Å². The summed E-state index contributed by atoms with van der Waals surface area (Å²) in [5.74, 6) is 0.221. The highest BCUT2D eigenvalue weighted by molar-refractivity contribution is 7.80. The SMILES string of the molecule is CCN(CCC(N)=S)C(=O)c1ccco1. The third-order valence-corrected chi connectivity index (χ3v) is 2.23. The molecule has 0 spiro atoms. The molecule has 0 bridgehead atoms. The Morgan fingerprint density at radius 1 is 1.67 bits per heavy atom. The van der Waals surface area contributed by atoms with E-state index in [1.807, 2.05) is 6.92 Å². The summed E-state index contributed by atoms with van der Waals surface area (Å²) in [5.41, 5.74) is 5.38. The van der Waals surface area contributed by atoms with Gasteiger partial charge in [-0.05, 0) is 19.1 Å².